The summed E-state index contributed by atoms with van der Waals surface area (Å²) in [6, 6.07) is 15.1. The maximum Gasteiger partial charge on any atom is 0.295 e. The van der Waals surface area contributed by atoms with Gasteiger partial charge < -0.3 is 14.7 Å². The summed E-state index contributed by atoms with van der Waals surface area (Å²) in [5, 5.41) is 11.1. The van der Waals surface area contributed by atoms with Crippen LogP contribution in [-0.4, -0.2) is 33.3 Å². The van der Waals surface area contributed by atoms with Gasteiger partial charge in [0.1, 0.15) is 17.3 Å². The Balaban J connectivity index is 1.73. The molecule has 1 unspecified atom stereocenters. The predicted molar refractivity (Wildman–Crippen MR) is 125 cm³/mol. The number of benzene rings is 2. The molecule has 3 aromatic rings. The highest BCUT2D eigenvalue weighted by Gasteiger charge is 2.46. The third-order valence-corrected chi connectivity index (χ3v) is 5.54. The van der Waals surface area contributed by atoms with E-state index < -0.39 is 23.5 Å². The van der Waals surface area contributed by atoms with E-state index in [2.05, 4.69) is 4.98 Å². The van der Waals surface area contributed by atoms with Crippen LogP contribution in [-0.2, 0) is 16.1 Å². The van der Waals surface area contributed by atoms with Crippen LogP contribution in [0.5, 0.6) is 5.75 Å². The average molecular weight is 461 g/mol. The molecule has 2 aromatic carbocycles. The van der Waals surface area contributed by atoms with E-state index >= 15 is 0 Å². The van der Waals surface area contributed by atoms with Crippen molar-refractivity contribution in [2.24, 2.45) is 5.92 Å². The zero-order valence-corrected chi connectivity index (χ0v) is 18.9. The number of aliphatic hydroxyl groups excluding tert-OH is 1. The van der Waals surface area contributed by atoms with Gasteiger partial charge in [-0.05, 0) is 65.6 Å². The molecule has 7 heteroatoms. The lowest BCUT2D eigenvalue weighted by atomic mass is 9.96. The zero-order chi connectivity index (χ0) is 24.2. The molecule has 0 radical (unpaired) electrons. The molecule has 6 nitrogen and oxygen atoms in total. The third-order valence-electron chi connectivity index (χ3n) is 5.54. The number of carbonyl (C=O) groups is 2. The fourth-order valence-corrected chi connectivity index (χ4v) is 3.85. The Morgan fingerprint density at radius 3 is 2.29 bits per heavy atom. The van der Waals surface area contributed by atoms with Crippen LogP contribution in [0.3, 0.4) is 0 Å². The quantitative estimate of drug-likeness (QED) is 0.309. The van der Waals surface area contributed by atoms with Crippen LogP contribution in [0.2, 0.25) is 0 Å². The number of Topliss-reactive ketones (excluding diaryl/α,β-unsaturated/α-hetero) is 1. The number of likely N-dealkylation sites (tertiary alicyclic amines) is 1. The van der Waals surface area contributed by atoms with Crippen molar-refractivity contribution >= 4 is 17.4 Å². The number of ketones is 1. The molecule has 1 N–H and O–H groups in total. The lowest BCUT2D eigenvalue weighted by molar-refractivity contribution is -0.140. The molecule has 1 aromatic heterocycles. The van der Waals surface area contributed by atoms with E-state index in [4.69, 9.17) is 4.74 Å². The number of hydrogen-bond donors (Lipinski definition) is 1. The maximum absolute atomic E-state index is 13.4. The van der Waals surface area contributed by atoms with E-state index in [1.807, 2.05) is 13.8 Å². The highest BCUT2D eigenvalue weighted by atomic mass is 19.1. The summed E-state index contributed by atoms with van der Waals surface area (Å²) >= 11 is 0. The van der Waals surface area contributed by atoms with Crippen LogP contribution < -0.4 is 4.74 Å². The van der Waals surface area contributed by atoms with Crippen molar-refractivity contribution in [1.82, 2.24) is 9.88 Å². The molecule has 2 heterocycles. The molecule has 34 heavy (non-hydrogen) atoms. The summed E-state index contributed by atoms with van der Waals surface area (Å²) < 4.78 is 19.0. The summed E-state index contributed by atoms with van der Waals surface area (Å²) in [5.74, 6) is -1.15. The van der Waals surface area contributed by atoms with Crippen LogP contribution in [0.25, 0.3) is 5.76 Å². The van der Waals surface area contributed by atoms with Crippen molar-refractivity contribution in [2.45, 2.75) is 26.4 Å². The van der Waals surface area contributed by atoms with Gasteiger partial charge in [0.25, 0.3) is 11.7 Å². The van der Waals surface area contributed by atoms with Crippen molar-refractivity contribution in [3.8, 4) is 5.75 Å². The normalized spacial score (nSPS) is 17.4. The molecule has 1 fully saturated rings. The van der Waals surface area contributed by atoms with Crippen molar-refractivity contribution < 1.29 is 23.8 Å². The molecule has 1 aliphatic rings. The summed E-state index contributed by atoms with van der Waals surface area (Å²) in [5.41, 5.74) is 1.69. The monoisotopic (exact) mass is 460 g/mol. The Morgan fingerprint density at radius 1 is 1.03 bits per heavy atom. The molecule has 0 saturated carbocycles. The predicted octanol–water partition coefficient (Wildman–Crippen LogP) is 4.88. The summed E-state index contributed by atoms with van der Waals surface area (Å²) in [6.07, 6.45) is 3.13. The first-order valence-corrected chi connectivity index (χ1v) is 11.0. The standard InChI is InChI=1S/C27H25FN2O4/c1-17(2)16-34-22-9-5-20(6-10-22)25(31)23-24(19-11-13-29-14-12-19)30(27(33)26(23)32)15-18-3-7-21(28)8-4-18/h3-14,17,24,31H,15-16H2,1-2H3/b25-23-. The van der Waals surface area contributed by atoms with Gasteiger partial charge >= 0.3 is 0 Å². The van der Waals surface area contributed by atoms with Crippen LogP contribution in [0.15, 0.2) is 78.6 Å². The first kappa shape index (κ1) is 23.2. The van der Waals surface area contributed by atoms with Gasteiger partial charge in [-0.2, -0.15) is 0 Å². The minimum Gasteiger partial charge on any atom is -0.507 e. The van der Waals surface area contributed by atoms with Crippen molar-refractivity contribution in [1.29, 1.82) is 0 Å². The lowest BCUT2D eigenvalue weighted by Crippen LogP contribution is -2.29. The Labute approximate surface area is 197 Å². The van der Waals surface area contributed by atoms with Crippen LogP contribution >= 0.6 is 0 Å². The Morgan fingerprint density at radius 2 is 1.68 bits per heavy atom. The second kappa shape index (κ2) is 9.87. The van der Waals surface area contributed by atoms with Crippen LogP contribution in [0, 0.1) is 11.7 Å². The van der Waals surface area contributed by atoms with Gasteiger partial charge in [0.2, 0.25) is 0 Å². The minimum absolute atomic E-state index is 0.00541. The van der Waals surface area contributed by atoms with E-state index in [1.54, 1.807) is 60.9 Å². The summed E-state index contributed by atoms with van der Waals surface area (Å²) in [4.78, 5) is 31.5. The average Bonchev–Trinajstić information content (AvgIpc) is 3.09. The maximum atomic E-state index is 13.4. The largest absolute Gasteiger partial charge is 0.507 e. The number of rotatable bonds is 7. The van der Waals surface area contributed by atoms with Gasteiger partial charge in [-0.3, -0.25) is 14.6 Å². The summed E-state index contributed by atoms with van der Waals surface area (Å²) in [7, 11) is 0. The van der Waals surface area contributed by atoms with Gasteiger partial charge in [-0.25, -0.2) is 4.39 Å². The molecule has 1 aliphatic heterocycles. The Bertz CT molecular complexity index is 1210. The summed E-state index contributed by atoms with van der Waals surface area (Å²) in [6.45, 7) is 4.73. The van der Waals surface area contributed by atoms with Crippen LogP contribution in [0.1, 0.15) is 36.6 Å². The van der Waals surface area contributed by atoms with Crippen molar-refractivity contribution in [3.05, 3.63) is 101 Å². The smallest absolute Gasteiger partial charge is 0.295 e. The van der Waals surface area contributed by atoms with Gasteiger partial charge in [0, 0.05) is 24.5 Å². The molecule has 0 bridgehead atoms. The van der Waals surface area contributed by atoms with Crippen molar-refractivity contribution in [3.63, 3.8) is 0 Å². The number of halogens is 1. The molecule has 4 rings (SSSR count). The molecule has 0 aliphatic carbocycles. The van der Waals surface area contributed by atoms with Gasteiger partial charge in [-0.1, -0.05) is 26.0 Å². The first-order chi connectivity index (χ1) is 16.3. The molecular formula is C27H25FN2O4. The van der Waals surface area contributed by atoms with E-state index in [0.29, 0.717) is 35.0 Å². The second-order valence-electron chi connectivity index (χ2n) is 8.56. The van der Waals surface area contributed by atoms with Crippen molar-refractivity contribution in [2.75, 3.05) is 6.61 Å². The number of ether oxygens (including phenoxy) is 1. The topological polar surface area (TPSA) is 79.7 Å². The number of nitrogens with zero attached hydrogens (tertiary/aromatic N) is 2. The van der Waals surface area contributed by atoms with Gasteiger partial charge in [0.15, 0.2) is 0 Å². The highest BCUT2D eigenvalue weighted by molar-refractivity contribution is 6.46. The minimum atomic E-state index is -0.815. The molecule has 1 atom stereocenters. The number of aromatic nitrogens is 1. The van der Waals surface area contributed by atoms with Gasteiger partial charge in [0.05, 0.1) is 18.2 Å². The SMILES string of the molecule is CC(C)COc1ccc(/C(O)=C2/C(=O)C(=O)N(Cc3ccc(F)cc3)C2c2ccncc2)cc1. The van der Waals surface area contributed by atoms with E-state index in [0.717, 1.165) is 0 Å². The molecular weight excluding hydrogens is 435 g/mol. The Kier molecular flexibility index (Phi) is 6.72. The molecule has 1 amide bonds. The number of carbonyl (C=O) groups excluding carboxylic acids is 2. The fraction of sp³-hybridized carbons (Fsp3) is 0.222. The van der Waals surface area contributed by atoms with E-state index in [-0.39, 0.29) is 17.9 Å². The van der Waals surface area contributed by atoms with Crippen LogP contribution in [0.4, 0.5) is 4.39 Å². The Hall–Kier alpha value is -4.00. The molecule has 0 spiro atoms. The lowest BCUT2D eigenvalue weighted by Gasteiger charge is -2.25. The third kappa shape index (κ3) is 4.83. The second-order valence-corrected chi connectivity index (χ2v) is 8.56. The number of amides is 1. The molecule has 1 saturated heterocycles. The zero-order valence-electron chi connectivity index (χ0n) is 18.9. The van der Waals surface area contributed by atoms with E-state index in [1.165, 1.54) is 17.0 Å². The first-order valence-electron chi connectivity index (χ1n) is 11.0. The highest BCUT2D eigenvalue weighted by Crippen LogP contribution is 2.40. The van der Waals surface area contributed by atoms with Gasteiger partial charge in [-0.15, -0.1) is 0 Å². The number of hydrogen-bond acceptors (Lipinski definition) is 5. The van der Waals surface area contributed by atoms with E-state index in [9.17, 15) is 19.1 Å². The fourth-order valence-electron chi connectivity index (χ4n) is 3.85. The number of aliphatic hydroxyl groups is 1. The molecule has 174 valence electrons. The number of pyridine rings is 1.